The summed E-state index contributed by atoms with van der Waals surface area (Å²) in [7, 11) is 0. The van der Waals surface area contributed by atoms with Crippen LogP contribution in [-0.2, 0) is 4.79 Å². The minimum absolute atomic E-state index is 0.00164. The Labute approximate surface area is 137 Å². The summed E-state index contributed by atoms with van der Waals surface area (Å²) in [6.07, 6.45) is 4.51. The van der Waals surface area contributed by atoms with Gasteiger partial charge in [0.25, 0.3) is 5.79 Å². The maximum atomic E-state index is 12.2. The van der Waals surface area contributed by atoms with Gasteiger partial charge in [-0.3, -0.25) is 9.59 Å². The summed E-state index contributed by atoms with van der Waals surface area (Å²) in [6, 6.07) is 7.59. The first-order chi connectivity index (χ1) is 10.7. The number of rotatable bonds is 10. The van der Waals surface area contributed by atoms with Gasteiger partial charge >= 0.3 is 0 Å². The highest BCUT2D eigenvalue weighted by atomic mass is 16.5. The summed E-state index contributed by atoms with van der Waals surface area (Å²) in [5, 5.41) is 30.5. The van der Waals surface area contributed by atoms with E-state index in [0.29, 0.717) is 6.42 Å². The summed E-state index contributed by atoms with van der Waals surface area (Å²) < 4.78 is 0. The van der Waals surface area contributed by atoms with Crippen molar-refractivity contribution in [2.24, 2.45) is 0 Å². The van der Waals surface area contributed by atoms with Crippen molar-refractivity contribution in [2.45, 2.75) is 63.8 Å². The van der Waals surface area contributed by atoms with E-state index in [1.807, 2.05) is 0 Å². The molecule has 0 saturated heterocycles. The zero-order chi connectivity index (χ0) is 17.5. The molecule has 1 rings (SSSR count). The van der Waals surface area contributed by atoms with Crippen LogP contribution in [0, 0.1) is 0 Å². The van der Waals surface area contributed by atoms with Gasteiger partial charge in [-0.2, -0.15) is 0 Å². The van der Waals surface area contributed by atoms with Gasteiger partial charge in [0, 0.05) is 12.0 Å². The quantitative estimate of drug-likeness (QED) is 0.349. The lowest BCUT2D eigenvalue weighted by molar-refractivity contribution is -0.227. The smallest absolute Gasteiger partial charge is 0.265 e. The summed E-state index contributed by atoms with van der Waals surface area (Å²) in [5.74, 6) is -5.00. The summed E-state index contributed by atoms with van der Waals surface area (Å²) in [6.45, 7) is 3.05. The van der Waals surface area contributed by atoms with E-state index < -0.39 is 23.0 Å². The lowest BCUT2D eigenvalue weighted by Gasteiger charge is -2.34. The average molecular weight is 322 g/mol. The van der Waals surface area contributed by atoms with Crippen molar-refractivity contribution < 1.29 is 24.9 Å². The Morgan fingerprint density at radius 1 is 0.957 bits per heavy atom. The second-order valence-electron chi connectivity index (χ2n) is 6.03. The molecule has 0 aliphatic rings. The van der Waals surface area contributed by atoms with Crippen LogP contribution in [0.4, 0.5) is 0 Å². The monoisotopic (exact) mass is 322 g/mol. The van der Waals surface area contributed by atoms with Crippen molar-refractivity contribution in [3.05, 3.63) is 35.9 Å². The molecule has 1 atom stereocenters. The van der Waals surface area contributed by atoms with Crippen molar-refractivity contribution in [3.8, 4) is 0 Å². The highest BCUT2D eigenvalue weighted by Gasteiger charge is 2.55. The van der Waals surface area contributed by atoms with Crippen molar-refractivity contribution in [1.29, 1.82) is 0 Å². The number of carbonyl (C=O) groups is 2. The van der Waals surface area contributed by atoms with Crippen LogP contribution >= 0.6 is 0 Å². The number of benzene rings is 1. The van der Waals surface area contributed by atoms with Gasteiger partial charge < -0.3 is 15.3 Å². The molecule has 23 heavy (non-hydrogen) atoms. The van der Waals surface area contributed by atoms with Crippen LogP contribution in [0.3, 0.4) is 0 Å². The van der Waals surface area contributed by atoms with E-state index in [4.69, 9.17) is 0 Å². The Morgan fingerprint density at radius 2 is 1.52 bits per heavy atom. The highest BCUT2D eigenvalue weighted by molar-refractivity contribution is 6.06. The van der Waals surface area contributed by atoms with Crippen LogP contribution in [0.15, 0.2) is 30.3 Å². The topological polar surface area (TPSA) is 94.8 Å². The molecule has 3 N–H and O–H groups in total. The number of carbonyl (C=O) groups excluding carboxylic acids is 2. The normalized spacial score (nSPS) is 14.3. The van der Waals surface area contributed by atoms with Crippen molar-refractivity contribution in [1.82, 2.24) is 0 Å². The standard InChI is InChI=1S/C18H26O5/c1-3-4-5-6-10-13-15(19)17(2,21)18(22,23)16(20)14-11-8-7-9-12-14/h7-9,11-12,21-23H,3-6,10,13H2,1-2H3. The molecule has 0 fully saturated rings. The summed E-state index contributed by atoms with van der Waals surface area (Å²) >= 11 is 0. The summed E-state index contributed by atoms with van der Waals surface area (Å²) in [5.41, 5.74) is -2.53. The predicted molar refractivity (Wildman–Crippen MR) is 86.9 cm³/mol. The average Bonchev–Trinajstić information content (AvgIpc) is 2.54. The van der Waals surface area contributed by atoms with E-state index >= 15 is 0 Å². The lowest BCUT2D eigenvalue weighted by atomic mass is 9.83. The molecule has 1 aromatic carbocycles. The van der Waals surface area contributed by atoms with Gasteiger partial charge in [-0.05, 0) is 13.3 Å². The zero-order valence-electron chi connectivity index (χ0n) is 13.8. The molecular formula is C18H26O5. The van der Waals surface area contributed by atoms with Crippen LogP contribution in [-0.4, -0.2) is 38.3 Å². The molecule has 0 saturated carbocycles. The first-order valence-electron chi connectivity index (χ1n) is 8.05. The number of hydrogen-bond acceptors (Lipinski definition) is 5. The van der Waals surface area contributed by atoms with E-state index in [9.17, 15) is 24.9 Å². The van der Waals surface area contributed by atoms with Crippen LogP contribution in [0.2, 0.25) is 0 Å². The summed E-state index contributed by atoms with van der Waals surface area (Å²) in [4.78, 5) is 24.4. The van der Waals surface area contributed by atoms with Crippen molar-refractivity contribution in [2.75, 3.05) is 0 Å². The van der Waals surface area contributed by atoms with Gasteiger partial charge in [0.15, 0.2) is 11.4 Å². The molecule has 5 nitrogen and oxygen atoms in total. The molecular weight excluding hydrogens is 296 g/mol. The third-order valence-electron chi connectivity index (χ3n) is 4.08. The number of hydrogen-bond donors (Lipinski definition) is 3. The molecule has 1 aromatic rings. The molecule has 1 unspecified atom stereocenters. The number of ketones is 2. The molecule has 0 radical (unpaired) electrons. The van der Waals surface area contributed by atoms with E-state index in [1.54, 1.807) is 18.2 Å². The fourth-order valence-electron chi connectivity index (χ4n) is 2.34. The molecule has 0 aromatic heterocycles. The third kappa shape index (κ3) is 4.70. The van der Waals surface area contributed by atoms with Crippen LogP contribution in [0.1, 0.15) is 62.7 Å². The van der Waals surface area contributed by atoms with E-state index in [2.05, 4.69) is 6.92 Å². The van der Waals surface area contributed by atoms with Crippen LogP contribution in [0.25, 0.3) is 0 Å². The molecule has 0 spiro atoms. The van der Waals surface area contributed by atoms with Gasteiger partial charge in [-0.25, -0.2) is 0 Å². The molecule has 0 heterocycles. The Hall–Kier alpha value is -1.56. The van der Waals surface area contributed by atoms with E-state index in [0.717, 1.165) is 32.6 Å². The van der Waals surface area contributed by atoms with E-state index in [1.165, 1.54) is 12.1 Å². The molecule has 128 valence electrons. The first-order valence-corrected chi connectivity index (χ1v) is 8.05. The number of Topliss-reactive ketones (excluding diaryl/α,β-unsaturated/α-hetero) is 2. The Morgan fingerprint density at radius 3 is 2.09 bits per heavy atom. The van der Waals surface area contributed by atoms with Gasteiger partial charge in [0.2, 0.25) is 5.78 Å². The highest BCUT2D eigenvalue weighted by Crippen LogP contribution is 2.27. The van der Waals surface area contributed by atoms with Gasteiger partial charge in [0.1, 0.15) is 0 Å². The molecule has 5 heteroatoms. The maximum Gasteiger partial charge on any atom is 0.265 e. The third-order valence-corrected chi connectivity index (χ3v) is 4.08. The van der Waals surface area contributed by atoms with E-state index in [-0.39, 0.29) is 12.0 Å². The Bertz CT molecular complexity index is 519. The van der Waals surface area contributed by atoms with Gasteiger partial charge in [-0.1, -0.05) is 62.9 Å². The Kier molecular flexibility index (Phi) is 7.06. The minimum atomic E-state index is -3.16. The van der Waals surface area contributed by atoms with Crippen molar-refractivity contribution in [3.63, 3.8) is 0 Å². The molecule has 0 amide bonds. The lowest BCUT2D eigenvalue weighted by Crippen LogP contribution is -2.62. The maximum absolute atomic E-state index is 12.2. The fourth-order valence-corrected chi connectivity index (χ4v) is 2.34. The Balaban J connectivity index is 2.75. The van der Waals surface area contributed by atoms with Gasteiger partial charge in [-0.15, -0.1) is 0 Å². The minimum Gasteiger partial charge on any atom is -0.377 e. The van der Waals surface area contributed by atoms with Crippen molar-refractivity contribution >= 4 is 11.6 Å². The number of aliphatic hydroxyl groups is 3. The van der Waals surface area contributed by atoms with Crippen LogP contribution < -0.4 is 0 Å². The molecule has 0 aliphatic heterocycles. The molecule has 0 bridgehead atoms. The van der Waals surface area contributed by atoms with Crippen LogP contribution in [0.5, 0.6) is 0 Å². The fraction of sp³-hybridized carbons (Fsp3) is 0.556. The SMILES string of the molecule is CCCCCCCC(=O)C(C)(O)C(O)(O)C(=O)c1ccccc1. The zero-order valence-corrected chi connectivity index (χ0v) is 13.8. The number of unbranched alkanes of at least 4 members (excludes halogenated alkanes) is 4. The predicted octanol–water partition coefficient (Wildman–Crippen LogP) is 2.23. The molecule has 0 aliphatic carbocycles. The largest absolute Gasteiger partial charge is 0.377 e. The van der Waals surface area contributed by atoms with Gasteiger partial charge in [0.05, 0.1) is 0 Å². The second kappa shape index (κ2) is 8.34. The first kappa shape index (κ1) is 19.5. The second-order valence-corrected chi connectivity index (χ2v) is 6.03.